The van der Waals surface area contributed by atoms with Gasteiger partial charge < -0.3 is 20.4 Å². The summed E-state index contributed by atoms with van der Waals surface area (Å²) in [5.41, 5.74) is 2.52. The van der Waals surface area contributed by atoms with Crippen molar-refractivity contribution in [1.82, 2.24) is 35.4 Å². The van der Waals surface area contributed by atoms with Gasteiger partial charge in [0.25, 0.3) is 5.91 Å². The number of nitrogens with zero attached hydrogens (tertiary/aromatic N) is 5. The Labute approximate surface area is 222 Å². The molecule has 0 bridgehead atoms. The molecular weight excluding hydrogens is 485 g/mol. The van der Waals surface area contributed by atoms with Crippen molar-refractivity contribution in [3.8, 4) is 5.69 Å². The van der Waals surface area contributed by atoms with Crippen LogP contribution >= 0.6 is 0 Å². The van der Waals surface area contributed by atoms with Crippen LogP contribution in [0.25, 0.3) is 5.69 Å². The van der Waals surface area contributed by atoms with Gasteiger partial charge in [0.05, 0.1) is 18.1 Å². The first-order valence-corrected chi connectivity index (χ1v) is 13.5. The predicted octanol–water partition coefficient (Wildman–Crippen LogP) is 2.12. The van der Waals surface area contributed by atoms with Gasteiger partial charge in [-0.05, 0) is 62.7 Å². The Morgan fingerprint density at radius 2 is 1.95 bits per heavy atom. The molecule has 0 radical (unpaired) electrons. The third-order valence-electron chi connectivity index (χ3n) is 7.61. The van der Waals surface area contributed by atoms with E-state index in [1.54, 1.807) is 35.3 Å². The lowest BCUT2D eigenvalue weighted by molar-refractivity contribution is -0.135. The number of amides is 2. The molecule has 1 saturated heterocycles. The quantitative estimate of drug-likeness (QED) is 0.465. The smallest absolute Gasteiger partial charge is 0.251 e. The lowest BCUT2D eigenvalue weighted by Gasteiger charge is -2.34. The number of hydrogen-bond donors (Lipinski definition) is 2. The van der Waals surface area contributed by atoms with Crippen molar-refractivity contribution < 1.29 is 14.0 Å². The molecule has 10 heteroatoms. The third-order valence-corrected chi connectivity index (χ3v) is 7.61. The van der Waals surface area contributed by atoms with E-state index in [-0.39, 0.29) is 11.8 Å². The van der Waals surface area contributed by atoms with E-state index >= 15 is 0 Å². The highest BCUT2D eigenvalue weighted by Crippen LogP contribution is 2.39. The number of allylic oxidation sites excluding steroid dienone is 3. The largest absolute Gasteiger partial charge is 0.340 e. The van der Waals surface area contributed by atoms with Crippen molar-refractivity contribution >= 4 is 11.8 Å². The van der Waals surface area contributed by atoms with Crippen molar-refractivity contribution in [2.75, 3.05) is 39.8 Å². The fraction of sp³-hybridized carbons (Fsp3) is 0.500. The number of piperazine rings is 1. The van der Waals surface area contributed by atoms with Crippen molar-refractivity contribution in [2.24, 2.45) is 5.92 Å². The van der Waals surface area contributed by atoms with Crippen LogP contribution < -0.4 is 10.6 Å². The van der Waals surface area contributed by atoms with Crippen LogP contribution in [0.15, 0.2) is 60.5 Å². The van der Waals surface area contributed by atoms with Crippen LogP contribution in [0.3, 0.4) is 0 Å². The minimum atomic E-state index is -0.861. The van der Waals surface area contributed by atoms with Crippen molar-refractivity contribution in [3.63, 3.8) is 0 Å². The molecule has 202 valence electrons. The maximum atomic E-state index is 13.4. The van der Waals surface area contributed by atoms with Crippen LogP contribution in [0.2, 0.25) is 0 Å². The van der Waals surface area contributed by atoms with Crippen molar-refractivity contribution in [1.29, 1.82) is 0 Å². The molecule has 4 atom stereocenters. The van der Waals surface area contributed by atoms with Gasteiger partial charge in [-0.3, -0.25) is 9.59 Å². The van der Waals surface area contributed by atoms with E-state index in [4.69, 9.17) is 0 Å². The second-order valence-corrected chi connectivity index (χ2v) is 10.4. The molecule has 0 spiro atoms. The van der Waals surface area contributed by atoms with Crippen molar-refractivity contribution in [3.05, 3.63) is 66.0 Å². The molecule has 3 aliphatic rings. The van der Waals surface area contributed by atoms with E-state index in [1.807, 2.05) is 29.2 Å². The molecule has 1 aliphatic heterocycles. The minimum absolute atomic E-state index is 0.0201. The molecule has 2 N–H and O–H groups in total. The van der Waals surface area contributed by atoms with Gasteiger partial charge >= 0.3 is 0 Å². The zero-order valence-electron chi connectivity index (χ0n) is 21.8. The monoisotopic (exact) mass is 521 g/mol. The van der Waals surface area contributed by atoms with Gasteiger partial charge in [-0.2, -0.15) is 0 Å². The average Bonchev–Trinajstić information content (AvgIpc) is 3.49. The van der Waals surface area contributed by atoms with Gasteiger partial charge in [0.1, 0.15) is 12.2 Å². The van der Waals surface area contributed by atoms with E-state index < -0.39 is 12.2 Å². The van der Waals surface area contributed by atoms with Crippen LogP contribution in [0, 0.1) is 5.92 Å². The number of aromatic nitrogens is 3. The van der Waals surface area contributed by atoms with Crippen LogP contribution in [0.4, 0.5) is 4.39 Å². The molecule has 5 rings (SSSR count). The topological polar surface area (TPSA) is 95.4 Å². The fourth-order valence-corrected chi connectivity index (χ4v) is 5.13. The molecule has 2 heterocycles. The average molecular weight is 522 g/mol. The van der Waals surface area contributed by atoms with Crippen LogP contribution in [-0.2, 0) is 4.79 Å². The van der Waals surface area contributed by atoms with Gasteiger partial charge in [0.15, 0.2) is 0 Å². The number of alkyl halides is 1. The molecule has 1 aromatic heterocycles. The molecule has 2 aliphatic carbocycles. The Kier molecular flexibility index (Phi) is 8.29. The number of hydrogen-bond acceptors (Lipinski definition) is 6. The highest BCUT2D eigenvalue weighted by atomic mass is 19.1. The number of halogens is 1. The van der Waals surface area contributed by atoms with E-state index in [1.165, 1.54) is 5.57 Å². The standard InChI is InChI=1S/C28H36FN7O2/c1-34-15-17-35(18-16-34)28(38)25(3-2-12-30-26-19-24(26)20-4-8-22(29)9-5-20)32-27(37)21-6-10-23(11-7-21)36-14-13-31-33-36/h4-8,10-11,13-14,22,24-26,30H,2-3,9,12,15-19H2,1H3,(H,32,37)/t22?,24?,25-,26+/m0/s1. The third kappa shape index (κ3) is 6.54. The highest BCUT2D eigenvalue weighted by molar-refractivity contribution is 5.97. The molecule has 2 unspecified atom stereocenters. The molecular formula is C28H36FN7O2. The Balaban J connectivity index is 1.15. The first-order valence-electron chi connectivity index (χ1n) is 13.5. The number of carbonyl (C=O) groups excluding carboxylic acids is 2. The van der Waals surface area contributed by atoms with Crippen molar-refractivity contribution in [2.45, 2.75) is 43.9 Å². The Morgan fingerprint density at radius 3 is 2.63 bits per heavy atom. The van der Waals surface area contributed by atoms with Crippen LogP contribution in [0.1, 0.15) is 36.0 Å². The zero-order chi connectivity index (χ0) is 26.5. The maximum Gasteiger partial charge on any atom is 0.251 e. The van der Waals surface area contributed by atoms with Crippen LogP contribution in [-0.4, -0.2) is 94.6 Å². The van der Waals surface area contributed by atoms with E-state index in [2.05, 4.69) is 32.9 Å². The number of likely N-dealkylation sites (N-methyl/N-ethyl adjacent to an activating group) is 1. The van der Waals surface area contributed by atoms with E-state index in [0.29, 0.717) is 43.5 Å². The lowest BCUT2D eigenvalue weighted by atomic mass is 10.0. The minimum Gasteiger partial charge on any atom is -0.340 e. The lowest BCUT2D eigenvalue weighted by Crippen LogP contribution is -2.54. The summed E-state index contributed by atoms with van der Waals surface area (Å²) in [6, 6.07) is 6.90. The number of nitrogens with one attached hydrogen (secondary N) is 2. The molecule has 38 heavy (non-hydrogen) atoms. The normalized spacial score (nSPS) is 24.1. The number of rotatable bonds is 10. The zero-order valence-corrected chi connectivity index (χ0v) is 21.8. The molecule has 1 saturated carbocycles. The highest BCUT2D eigenvalue weighted by Gasteiger charge is 2.39. The maximum absolute atomic E-state index is 13.4. The predicted molar refractivity (Wildman–Crippen MR) is 143 cm³/mol. The van der Waals surface area contributed by atoms with E-state index in [0.717, 1.165) is 38.2 Å². The molecule has 9 nitrogen and oxygen atoms in total. The summed E-state index contributed by atoms with van der Waals surface area (Å²) < 4.78 is 15.0. The molecule has 2 aromatic rings. The van der Waals surface area contributed by atoms with Gasteiger partial charge in [-0.15, -0.1) is 5.10 Å². The first kappa shape index (κ1) is 26.2. The molecule has 2 fully saturated rings. The summed E-state index contributed by atoms with van der Waals surface area (Å²) >= 11 is 0. The Hall–Kier alpha value is -3.37. The number of carbonyl (C=O) groups is 2. The summed E-state index contributed by atoms with van der Waals surface area (Å²) in [5, 5.41) is 14.4. The summed E-state index contributed by atoms with van der Waals surface area (Å²) in [5.74, 6) is 0.162. The van der Waals surface area contributed by atoms with Gasteiger partial charge in [0, 0.05) is 50.1 Å². The van der Waals surface area contributed by atoms with E-state index in [9.17, 15) is 14.0 Å². The summed E-state index contributed by atoms with van der Waals surface area (Å²) in [4.78, 5) is 30.6. The second-order valence-electron chi connectivity index (χ2n) is 10.4. The summed E-state index contributed by atoms with van der Waals surface area (Å²) in [6.07, 6.45) is 10.9. The fourth-order valence-electron chi connectivity index (χ4n) is 5.13. The first-order chi connectivity index (χ1) is 18.5. The number of benzene rings is 1. The molecule has 1 aromatic carbocycles. The second kappa shape index (κ2) is 12.0. The molecule has 2 amide bonds. The van der Waals surface area contributed by atoms with Gasteiger partial charge in [-0.25, -0.2) is 9.07 Å². The van der Waals surface area contributed by atoms with Gasteiger partial charge in [-0.1, -0.05) is 23.4 Å². The Bertz CT molecular complexity index is 1160. The van der Waals surface area contributed by atoms with Gasteiger partial charge in [0.2, 0.25) is 5.91 Å². The SMILES string of the molecule is CN1CCN(C(=O)[C@H](CCCN[C@@H]2CC2C2=CCC(F)C=C2)NC(=O)c2ccc(-n3ccnn3)cc2)CC1. The summed E-state index contributed by atoms with van der Waals surface area (Å²) in [7, 11) is 2.05. The summed E-state index contributed by atoms with van der Waals surface area (Å²) in [6.45, 7) is 3.75. The Morgan fingerprint density at radius 1 is 1.16 bits per heavy atom. The van der Waals surface area contributed by atoms with Crippen LogP contribution in [0.5, 0.6) is 0 Å².